The van der Waals surface area contributed by atoms with E-state index in [-0.39, 0.29) is 11.4 Å². The molecule has 1 aliphatic carbocycles. The number of aromatic nitrogens is 1. The molecular weight excluding hydrogens is 283 g/mol. The molecule has 1 aromatic heterocycles. The second kappa shape index (κ2) is 5.85. The zero-order chi connectivity index (χ0) is 14.9. The van der Waals surface area contributed by atoms with Crippen LogP contribution in [0.4, 0.5) is 4.39 Å². The summed E-state index contributed by atoms with van der Waals surface area (Å²) < 4.78 is 13.1. The summed E-state index contributed by atoms with van der Waals surface area (Å²) in [5.74, 6) is -0.217. The van der Waals surface area contributed by atoms with Gasteiger partial charge in [0, 0.05) is 10.4 Å². The predicted octanol–water partition coefficient (Wildman–Crippen LogP) is 4.77. The number of aryl methyl sites for hydroxylation is 1. The van der Waals surface area contributed by atoms with Gasteiger partial charge in [-0.25, -0.2) is 9.37 Å². The minimum absolute atomic E-state index is 0.217. The second-order valence-corrected chi connectivity index (χ2v) is 7.20. The molecule has 0 bridgehead atoms. The van der Waals surface area contributed by atoms with Crippen molar-refractivity contribution in [2.24, 2.45) is 5.73 Å². The van der Waals surface area contributed by atoms with Crippen LogP contribution in [-0.2, 0) is 5.54 Å². The monoisotopic (exact) mass is 304 g/mol. The molecule has 1 heterocycles. The Morgan fingerprint density at radius 2 is 1.71 bits per heavy atom. The molecule has 21 heavy (non-hydrogen) atoms. The predicted molar refractivity (Wildman–Crippen MR) is 85.8 cm³/mol. The number of hydrogen-bond donors (Lipinski definition) is 1. The van der Waals surface area contributed by atoms with Crippen molar-refractivity contribution in [3.63, 3.8) is 0 Å². The van der Waals surface area contributed by atoms with Gasteiger partial charge in [-0.2, -0.15) is 0 Å². The van der Waals surface area contributed by atoms with E-state index in [1.54, 1.807) is 23.5 Å². The van der Waals surface area contributed by atoms with Gasteiger partial charge in [-0.3, -0.25) is 0 Å². The quantitative estimate of drug-likeness (QED) is 0.812. The number of halogens is 1. The molecule has 4 heteroatoms. The lowest BCUT2D eigenvalue weighted by atomic mass is 9.92. The summed E-state index contributed by atoms with van der Waals surface area (Å²) in [6, 6.07) is 6.55. The van der Waals surface area contributed by atoms with E-state index in [2.05, 4.69) is 6.92 Å². The van der Waals surface area contributed by atoms with Gasteiger partial charge in [-0.1, -0.05) is 25.7 Å². The number of rotatable bonds is 2. The van der Waals surface area contributed by atoms with Gasteiger partial charge >= 0.3 is 0 Å². The summed E-state index contributed by atoms with van der Waals surface area (Å²) in [6.07, 6.45) is 6.94. The molecule has 2 nitrogen and oxygen atoms in total. The van der Waals surface area contributed by atoms with E-state index in [9.17, 15) is 4.39 Å². The van der Waals surface area contributed by atoms with Crippen LogP contribution in [0.5, 0.6) is 0 Å². The molecule has 0 spiro atoms. The fraction of sp³-hybridized carbons (Fsp3) is 0.471. The van der Waals surface area contributed by atoms with Gasteiger partial charge < -0.3 is 5.73 Å². The first-order chi connectivity index (χ1) is 10.1. The van der Waals surface area contributed by atoms with Gasteiger partial charge in [0.15, 0.2) is 0 Å². The first-order valence-electron chi connectivity index (χ1n) is 7.61. The SMILES string of the molecule is Cc1sc(C2(N)CCCCCC2)nc1-c1ccc(F)cc1. The summed E-state index contributed by atoms with van der Waals surface area (Å²) in [7, 11) is 0. The second-order valence-electron chi connectivity index (χ2n) is 6.00. The van der Waals surface area contributed by atoms with Crippen LogP contribution >= 0.6 is 11.3 Å². The Bertz CT molecular complexity index is 610. The molecule has 0 amide bonds. The summed E-state index contributed by atoms with van der Waals surface area (Å²) in [6.45, 7) is 2.07. The van der Waals surface area contributed by atoms with Crippen LogP contribution in [0.2, 0.25) is 0 Å². The van der Waals surface area contributed by atoms with Crippen LogP contribution in [0.3, 0.4) is 0 Å². The van der Waals surface area contributed by atoms with E-state index < -0.39 is 0 Å². The van der Waals surface area contributed by atoms with E-state index in [1.165, 1.54) is 37.8 Å². The maximum Gasteiger partial charge on any atom is 0.123 e. The van der Waals surface area contributed by atoms with E-state index in [1.807, 2.05) is 0 Å². The molecule has 1 aromatic carbocycles. The Kier molecular flexibility index (Phi) is 4.09. The molecule has 2 N–H and O–H groups in total. The fourth-order valence-electron chi connectivity index (χ4n) is 3.06. The van der Waals surface area contributed by atoms with Crippen molar-refractivity contribution in [3.05, 3.63) is 40.0 Å². The van der Waals surface area contributed by atoms with Crippen molar-refractivity contribution >= 4 is 11.3 Å². The summed E-state index contributed by atoms with van der Waals surface area (Å²) >= 11 is 1.70. The van der Waals surface area contributed by atoms with Crippen molar-refractivity contribution in [3.8, 4) is 11.3 Å². The molecule has 2 aromatic rings. The number of benzene rings is 1. The maximum atomic E-state index is 13.1. The average Bonchev–Trinajstić information content (AvgIpc) is 2.72. The maximum absolute atomic E-state index is 13.1. The largest absolute Gasteiger partial charge is 0.319 e. The third-order valence-electron chi connectivity index (χ3n) is 4.34. The van der Waals surface area contributed by atoms with E-state index in [0.29, 0.717) is 0 Å². The first kappa shape index (κ1) is 14.7. The van der Waals surface area contributed by atoms with Gasteiger partial charge in [0.05, 0.1) is 11.2 Å². The summed E-state index contributed by atoms with van der Waals surface area (Å²) in [5, 5.41) is 1.04. The van der Waals surface area contributed by atoms with Crippen LogP contribution in [0, 0.1) is 12.7 Å². The molecule has 1 saturated carbocycles. The van der Waals surface area contributed by atoms with Crippen LogP contribution in [0.1, 0.15) is 48.4 Å². The molecule has 0 radical (unpaired) electrons. The Hall–Kier alpha value is -1.26. The first-order valence-corrected chi connectivity index (χ1v) is 8.43. The Morgan fingerprint density at radius 1 is 1.10 bits per heavy atom. The van der Waals surface area contributed by atoms with E-state index in [4.69, 9.17) is 10.7 Å². The molecule has 3 rings (SSSR count). The van der Waals surface area contributed by atoms with Crippen molar-refractivity contribution in [1.29, 1.82) is 0 Å². The Labute approximate surface area is 129 Å². The van der Waals surface area contributed by atoms with Gasteiger partial charge in [0.1, 0.15) is 10.8 Å². The van der Waals surface area contributed by atoms with Crippen LogP contribution in [0.25, 0.3) is 11.3 Å². The lowest BCUT2D eigenvalue weighted by Gasteiger charge is -2.25. The van der Waals surface area contributed by atoms with Gasteiger partial charge in [0.25, 0.3) is 0 Å². The van der Waals surface area contributed by atoms with Crippen LogP contribution in [0.15, 0.2) is 24.3 Å². The topological polar surface area (TPSA) is 38.9 Å². The van der Waals surface area contributed by atoms with Gasteiger partial charge in [-0.15, -0.1) is 11.3 Å². The van der Waals surface area contributed by atoms with Gasteiger partial charge in [0.2, 0.25) is 0 Å². The zero-order valence-corrected chi connectivity index (χ0v) is 13.2. The minimum atomic E-state index is -0.274. The van der Waals surface area contributed by atoms with Crippen molar-refractivity contribution < 1.29 is 4.39 Å². The number of nitrogens with zero attached hydrogens (tertiary/aromatic N) is 1. The Morgan fingerprint density at radius 3 is 2.33 bits per heavy atom. The normalized spacial score (nSPS) is 18.4. The number of hydrogen-bond acceptors (Lipinski definition) is 3. The average molecular weight is 304 g/mol. The molecule has 112 valence electrons. The molecular formula is C17H21FN2S. The van der Waals surface area contributed by atoms with Crippen molar-refractivity contribution in [1.82, 2.24) is 4.98 Å². The third kappa shape index (κ3) is 3.01. The van der Waals surface area contributed by atoms with Crippen molar-refractivity contribution in [2.45, 2.75) is 51.0 Å². The summed E-state index contributed by atoms with van der Waals surface area (Å²) in [4.78, 5) is 5.98. The number of nitrogens with two attached hydrogens (primary N) is 1. The highest BCUT2D eigenvalue weighted by Crippen LogP contribution is 2.38. The van der Waals surface area contributed by atoms with Crippen molar-refractivity contribution in [2.75, 3.05) is 0 Å². The highest BCUT2D eigenvalue weighted by Gasteiger charge is 2.32. The van der Waals surface area contributed by atoms with Crippen LogP contribution in [-0.4, -0.2) is 4.98 Å². The third-order valence-corrected chi connectivity index (χ3v) is 5.53. The molecule has 1 fully saturated rings. The molecule has 0 aliphatic heterocycles. The fourth-order valence-corrected chi connectivity index (χ4v) is 4.15. The highest BCUT2D eigenvalue weighted by molar-refractivity contribution is 7.12. The van der Waals surface area contributed by atoms with Gasteiger partial charge in [-0.05, 0) is 44.0 Å². The lowest BCUT2D eigenvalue weighted by Crippen LogP contribution is -2.35. The standard InChI is InChI=1S/C17H21FN2S/c1-12-15(13-6-8-14(18)9-7-13)20-16(21-12)17(19)10-4-2-3-5-11-17/h6-9H,2-5,10-11,19H2,1H3. The summed E-state index contributed by atoms with van der Waals surface area (Å²) in [5.41, 5.74) is 8.29. The van der Waals surface area contributed by atoms with Crippen LogP contribution < -0.4 is 5.73 Å². The molecule has 0 atom stereocenters. The number of thiazole rings is 1. The smallest absolute Gasteiger partial charge is 0.123 e. The van der Waals surface area contributed by atoms with E-state index in [0.717, 1.165) is 34.0 Å². The lowest BCUT2D eigenvalue weighted by molar-refractivity contribution is 0.384. The molecule has 1 aliphatic rings. The Balaban J connectivity index is 1.95. The molecule has 0 saturated heterocycles. The highest BCUT2D eigenvalue weighted by atomic mass is 32.1. The van der Waals surface area contributed by atoms with E-state index >= 15 is 0 Å². The molecule has 0 unspecified atom stereocenters. The minimum Gasteiger partial charge on any atom is -0.319 e. The zero-order valence-electron chi connectivity index (χ0n) is 12.4.